The normalized spacial score (nSPS) is 21.8. The minimum Gasteiger partial charge on any atom is -0.557 e. The van der Waals surface area contributed by atoms with Crippen LogP contribution in [0.25, 0.3) is 17.1 Å². The molecule has 147 valence electrons. The Kier molecular flexibility index (Phi) is 4.52. The molecule has 2 aromatic heterocycles. The summed E-state index contributed by atoms with van der Waals surface area (Å²) < 4.78 is 12.2. The third-order valence-electron chi connectivity index (χ3n) is 5.38. The average Bonchev–Trinajstić information content (AvgIpc) is 2.97. The number of aromatic nitrogens is 2. The second kappa shape index (κ2) is 6.76. The lowest BCUT2D eigenvalue weighted by Gasteiger charge is -2.37. The smallest absolute Gasteiger partial charge is 0.410 e. The Bertz CT molecular complexity index is 947. The van der Waals surface area contributed by atoms with Crippen LogP contribution in [0.5, 0.6) is 5.75 Å². The predicted molar refractivity (Wildman–Crippen MR) is 107 cm³/mol. The van der Waals surface area contributed by atoms with Crippen molar-refractivity contribution in [2.24, 2.45) is 5.92 Å². The maximum Gasteiger partial charge on any atom is 0.410 e. The SMILES string of the molecule is CC1CCN(C(=O)OC(C)(C)C)CC1c1cn(O)c2ncc3c(c12)C=C[B]O3. The number of piperidine rings is 1. The second-order valence-electron chi connectivity index (χ2n) is 8.58. The first kappa shape index (κ1) is 18.7. The van der Waals surface area contributed by atoms with Gasteiger partial charge in [0.05, 0.1) is 12.4 Å². The van der Waals surface area contributed by atoms with Crippen LogP contribution in [-0.2, 0) is 4.74 Å². The number of pyridine rings is 1. The van der Waals surface area contributed by atoms with E-state index in [4.69, 9.17) is 9.39 Å². The number of likely N-dealkylation sites (tertiary alicyclic amines) is 1. The van der Waals surface area contributed by atoms with Crippen LogP contribution in [0.15, 0.2) is 18.4 Å². The van der Waals surface area contributed by atoms with Crippen LogP contribution in [0, 0.1) is 5.92 Å². The molecule has 0 saturated carbocycles. The van der Waals surface area contributed by atoms with Crippen LogP contribution in [0.4, 0.5) is 4.79 Å². The Morgan fingerprint density at radius 1 is 1.43 bits per heavy atom. The van der Waals surface area contributed by atoms with Crippen molar-refractivity contribution in [3.05, 3.63) is 29.5 Å². The molecule has 0 bridgehead atoms. The number of carbonyl (C=O) groups is 1. The molecule has 1 amide bonds. The summed E-state index contributed by atoms with van der Waals surface area (Å²) in [5.74, 6) is 2.90. The van der Waals surface area contributed by atoms with E-state index in [1.54, 1.807) is 24.8 Å². The van der Waals surface area contributed by atoms with E-state index in [1.807, 2.05) is 32.8 Å². The Morgan fingerprint density at radius 2 is 2.21 bits per heavy atom. The highest BCUT2D eigenvalue weighted by Crippen LogP contribution is 2.40. The van der Waals surface area contributed by atoms with E-state index in [2.05, 4.69) is 11.9 Å². The van der Waals surface area contributed by atoms with Gasteiger partial charge in [0.1, 0.15) is 11.4 Å². The van der Waals surface area contributed by atoms with Crippen molar-refractivity contribution >= 4 is 30.7 Å². The fraction of sp³-hybridized carbons (Fsp3) is 0.500. The molecule has 2 aliphatic heterocycles. The highest BCUT2D eigenvalue weighted by Gasteiger charge is 2.35. The highest BCUT2D eigenvalue weighted by atomic mass is 16.6. The zero-order valence-electron chi connectivity index (χ0n) is 16.7. The van der Waals surface area contributed by atoms with E-state index < -0.39 is 5.60 Å². The summed E-state index contributed by atoms with van der Waals surface area (Å²) in [6.07, 6.45) is 5.86. The van der Waals surface area contributed by atoms with Crippen LogP contribution in [-0.4, -0.2) is 52.1 Å². The molecule has 1 N–H and O–H groups in total. The number of rotatable bonds is 1. The number of hydrogen-bond acceptors (Lipinski definition) is 5. The van der Waals surface area contributed by atoms with Crippen LogP contribution in [0.1, 0.15) is 51.2 Å². The number of fused-ring (bicyclic) bond motifs is 3. The number of hydrogen-bond donors (Lipinski definition) is 1. The van der Waals surface area contributed by atoms with Crippen molar-refractivity contribution in [2.75, 3.05) is 13.1 Å². The van der Waals surface area contributed by atoms with Crippen LogP contribution >= 0.6 is 0 Å². The molecular formula is C20H25BN3O4. The monoisotopic (exact) mass is 382 g/mol. The van der Waals surface area contributed by atoms with Gasteiger partial charge in [0.25, 0.3) is 0 Å². The third kappa shape index (κ3) is 3.32. The van der Waals surface area contributed by atoms with Crippen LogP contribution < -0.4 is 4.65 Å². The first-order valence-electron chi connectivity index (χ1n) is 9.62. The number of carbonyl (C=O) groups excluding carboxylic acids is 1. The molecule has 7 nitrogen and oxygen atoms in total. The minimum absolute atomic E-state index is 0.0600. The fourth-order valence-electron chi connectivity index (χ4n) is 3.97. The molecular weight excluding hydrogens is 357 g/mol. The first-order valence-corrected chi connectivity index (χ1v) is 9.62. The molecule has 0 aliphatic carbocycles. The molecule has 2 aromatic rings. The summed E-state index contributed by atoms with van der Waals surface area (Å²) in [4.78, 5) is 18.7. The van der Waals surface area contributed by atoms with Crippen LogP contribution in [0.3, 0.4) is 0 Å². The van der Waals surface area contributed by atoms with Crippen molar-refractivity contribution in [3.8, 4) is 5.75 Å². The molecule has 1 radical (unpaired) electrons. The summed E-state index contributed by atoms with van der Waals surface area (Å²) in [6.45, 7) is 9.00. The number of ether oxygens (including phenoxy) is 1. The fourth-order valence-corrected chi connectivity index (χ4v) is 3.97. The highest BCUT2D eigenvalue weighted by molar-refractivity contribution is 6.38. The van der Waals surface area contributed by atoms with Gasteiger partial charge in [-0.15, -0.1) is 0 Å². The standard InChI is InChI=1S/C20H25BN3O4/c1-12-6-8-23(19(25)27-20(2,3)4)10-14(12)15-11-24(26)18-17(15)13-5-7-21-28-16(13)9-22-18/h5,7,9,11-12,14,26H,6,8,10H2,1-4H3. The molecule has 1 saturated heterocycles. The van der Waals surface area contributed by atoms with E-state index in [9.17, 15) is 10.0 Å². The third-order valence-corrected chi connectivity index (χ3v) is 5.38. The van der Waals surface area contributed by atoms with Gasteiger partial charge < -0.3 is 19.5 Å². The molecule has 1 fully saturated rings. The van der Waals surface area contributed by atoms with E-state index >= 15 is 0 Å². The minimum atomic E-state index is -0.529. The molecule has 28 heavy (non-hydrogen) atoms. The lowest BCUT2D eigenvalue weighted by Crippen LogP contribution is -2.44. The van der Waals surface area contributed by atoms with Gasteiger partial charge in [-0.3, -0.25) is 0 Å². The van der Waals surface area contributed by atoms with Crippen molar-refractivity contribution in [3.63, 3.8) is 0 Å². The molecule has 4 rings (SSSR count). The predicted octanol–water partition coefficient (Wildman–Crippen LogP) is 3.62. The summed E-state index contributed by atoms with van der Waals surface area (Å²) >= 11 is 0. The van der Waals surface area contributed by atoms with Crippen molar-refractivity contribution in [1.82, 2.24) is 14.6 Å². The van der Waals surface area contributed by atoms with E-state index in [0.717, 1.165) is 27.7 Å². The lowest BCUT2D eigenvalue weighted by molar-refractivity contribution is 0.0164. The summed E-state index contributed by atoms with van der Waals surface area (Å²) in [5.41, 5.74) is 1.83. The van der Waals surface area contributed by atoms with Gasteiger partial charge in [-0.2, -0.15) is 4.73 Å². The van der Waals surface area contributed by atoms with Gasteiger partial charge >= 0.3 is 13.6 Å². The first-order chi connectivity index (χ1) is 13.2. The quantitative estimate of drug-likeness (QED) is 0.602. The largest absolute Gasteiger partial charge is 0.557 e. The van der Waals surface area contributed by atoms with Gasteiger partial charge in [-0.05, 0) is 38.7 Å². The second-order valence-corrected chi connectivity index (χ2v) is 8.58. The van der Waals surface area contributed by atoms with Gasteiger partial charge in [0.2, 0.25) is 0 Å². The maximum atomic E-state index is 12.6. The summed E-state index contributed by atoms with van der Waals surface area (Å²) in [7, 11) is 1.61. The van der Waals surface area contributed by atoms with Gasteiger partial charge in [-0.1, -0.05) is 19.0 Å². The molecule has 8 heteroatoms. The molecule has 4 heterocycles. The van der Waals surface area contributed by atoms with Gasteiger partial charge in [0, 0.05) is 30.0 Å². The molecule has 2 atom stereocenters. The van der Waals surface area contributed by atoms with Crippen molar-refractivity contribution < 1.29 is 19.4 Å². The van der Waals surface area contributed by atoms with Crippen molar-refractivity contribution in [2.45, 2.75) is 45.6 Å². The number of nitrogens with zero attached hydrogens (tertiary/aromatic N) is 3. The molecule has 2 aliphatic rings. The zero-order chi connectivity index (χ0) is 20.1. The molecule has 2 unspecified atom stereocenters. The average molecular weight is 382 g/mol. The summed E-state index contributed by atoms with van der Waals surface area (Å²) in [6, 6.07) is 0. The van der Waals surface area contributed by atoms with Gasteiger partial charge in [0.15, 0.2) is 5.65 Å². The zero-order valence-corrected chi connectivity index (χ0v) is 16.7. The Balaban J connectivity index is 1.72. The number of amides is 1. The lowest BCUT2D eigenvalue weighted by atomic mass is 9.81. The summed E-state index contributed by atoms with van der Waals surface area (Å²) in [5, 5.41) is 11.3. The van der Waals surface area contributed by atoms with Crippen molar-refractivity contribution in [1.29, 1.82) is 0 Å². The molecule has 0 spiro atoms. The molecule has 0 aromatic carbocycles. The Hall–Kier alpha value is -2.64. The van der Waals surface area contributed by atoms with E-state index in [1.165, 1.54) is 0 Å². The topological polar surface area (TPSA) is 76.8 Å². The van der Waals surface area contributed by atoms with Crippen LogP contribution in [0.2, 0.25) is 0 Å². The van der Waals surface area contributed by atoms with Gasteiger partial charge in [-0.25, -0.2) is 9.78 Å². The Morgan fingerprint density at radius 3 is 2.96 bits per heavy atom. The Labute approximate surface area is 165 Å². The maximum absolute atomic E-state index is 12.6. The van der Waals surface area contributed by atoms with E-state index in [0.29, 0.717) is 30.4 Å². The van der Waals surface area contributed by atoms with E-state index in [-0.39, 0.29) is 12.0 Å².